The van der Waals surface area contributed by atoms with Crippen molar-refractivity contribution < 1.29 is 19.1 Å². The standard InChI is InChI=1S/C12H23N3O.C10H19N3O3.2C2H6/c1-14-7-9-15(10-8-14)12(16)13-11-5-3-2-4-6-11;1-3-16-9(14)8-11-10(15)13-6-4-12(2)5-7-13;2*1-2/h11H,2-10H2,1H3,(H,13,16);3-8H2,1-2H3,(H,11,15);2*1-2H3. The molecular weight excluding hydrogens is 460 g/mol. The van der Waals surface area contributed by atoms with E-state index < -0.39 is 5.97 Å². The third-order valence-electron chi connectivity index (χ3n) is 6.20. The summed E-state index contributed by atoms with van der Waals surface area (Å²) in [6.07, 6.45) is 6.21. The lowest BCUT2D eigenvalue weighted by atomic mass is 9.96. The first-order chi connectivity index (χ1) is 17.4. The molecule has 10 heteroatoms. The lowest BCUT2D eigenvalue weighted by Gasteiger charge is -2.34. The fourth-order valence-corrected chi connectivity index (χ4v) is 4.00. The molecule has 10 nitrogen and oxygen atoms in total. The maximum absolute atomic E-state index is 12.0. The van der Waals surface area contributed by atoms with E-state index in [9.17, 15) is 14.4 Å². The number of rotatable bonds is 4. The zero-order valence-electron chi connectivity index (χ0n) is 24.1. The number of carbonyl (C=O) groups excluding carboxylic acids is 3. The van der Waals surface area contributed by atoms with Gasteiger partial charge in [0.2, 0.25) is 0 Å². The Morgan fingerprint density at radius 3 is 1.61 bits per heavy atom. The highest BCUT2D eigenvalue weighted by atomic mass is 16.5. The first-order valence-corrected chi connectivity index (χ1v) is 14.0. The van der Waals surface area contributed by atoms with Crippen LogP contribution in [-0.4, -0.2) is 123 Å². The second kappa shape index (κ2) is 21.1. The van der Waals surface area contributed by atoms with Crippen molar-refractivity contribution in [3.63, 3.8) is 0 Å². The van der Waals surface area contributed by atoms with E-state index in [1.807, 2.05) is 39.6 Å². The van der Waals surface area contributed by atoms with Crippen molar-refractivity contribution in [3.8, 4) is 0 Å². The zero-order valence-corrected chi connectivity index (χ0v) is 24.1. The van der Waals surface area contributed by atoms with E-state index in [0.29, 0.717) is 25.7 Å². The van der Waals surface area contributed by atoms with Gasteiger partial charge in [0.1, 0.15) is 6.54 Å². The van der Waals surface area contributed by atoms with Gasteiger partial charge in [-0.25, -0.2) is 9.59 Å². The summed E-state index contributed by atoms with van der Waals surface area (Å²) in [5.74, 6) is -0.398. The fourth-order valence-electron chi connectivity index (χ4n) is 4.00. The van der Waals surface area contributed by atoms with Crippen molar-refractivity contribution in [3.05, 3.63) is 0 Å². The molecule has 0 unspecified atom stereocenters. The van der Waals surface area contributed by atoms with Gasteiger partial charge in [0.05, 0.1) is 6.61 Å². The minimum atomic E-state index is -0.398. The summed E-state index contributed by atoms with van der Waals surface area (Å²) in [5.41, 5.74) is 0. The van der Waals surface area contributed by atoms with Gasteiger partial charge in [0.15, 0.2) is 0 Å². The molecule has 212 valence electrons. The van der Waals surface area contributed by atoms with E-state index in [1.54, 1.807) is 11.8 Å². The number of hydrogen-bond acceptors (Lipinski definition) is 6. The van der Waals surface area contributed by atoms with Gasteiger partial charge in [0.25, 0.3) is 0 Å². The monoisotopic (exact) mass is 514 g/mol. The van der Waals surface area contributed by atoms with E-state index in [1.165, 1.54) is 32.1 Å². The van der Waals surface area contributed by atoms with Crippen molar-refractivity contribution in [2.24, 2.45) is 0 Å². The van der Waals surface area contributed by atoms with E-state index in [0.717, 1.165) is 39.3 Å². The van der Waals surface area contributed by atoms with Gasteiger partial charge >= 0.3 is 18.0 Å². The molecule has 0 aromatic heterocycles. The zero-order chi connectivity index (χ0) is 27.3. The average molecular weight is 515 g/mol. The predicted octanol–water partition coefficient (Wildman–Crippen LogP) is 2.84. The molecule has 0 aromatic carbocycles. The van der Waals surface area contributed by atoms with Crippen molar-refractivity contribution in [1.29, 1.82) is 0 Å². The molecule has 2 saturated heterocycles. The number of esters is 1. The molecule has 0 spiro atoms. The van der Waals surface area contributed by atoms with Crippen LogP contribution in [0.3, 0.4) is 0 Å². The van der Waals surface area contributed by atoms with E-state index in [-0.39, 0.29) is 18.6 Å². The van der Waals surface area contributed by atoms with Crippen molar-refractivity contribution >= 4 is 18.0 Å². The summed E-state index contributed by atoms with van der Waals surface area (Å²) in [4.78, 5) is 42.7. The first kappa shape index (κ1) is 33.9. The minimum Gasteiger partial charge on any atom is -0.465 e. The van der Waals surface area contributed by atoms with Gasteiger partial charge < -0.3 is 35.0 Å². The van der Waals surface area contributed by atoms with Gasteiger partial charge in [0, 0.05) is 58.4 Å². The minimum absolute atomic E-state index is 0.0565. The molecule has 3 fully saturated rings. The molecule has 36 heavy (non-hydrogen) atoms. The van der Waals surface area contributed by atoms with Gasteiger partial charge in [-0.1, -0.05) is 47.0 Å². The van der Waals surface area contributed by atoms with Gasteiger partial charge in [-0.3, -0.25) is 4.79 Å². The Hall–Kier alpha value is -2.07. The highest BCUT2D eigenvalue weighted by Gasteiger charge is 2.22. The Labute approximate surface area is 220 Å². The Kier molecular flexibility index (Phi) is 19.8. The molecule has 3 aliphatic rings. The van der Waals surface area contributed by atoms with Gasteiger partial charge in [-0.15, -0.1) is 0 Å². The molecule has 4 amide bonds. The first-order valence-electron chi connectivity index (χ1n) is 14.0. The maximum Gasteiger partial charge on any atom is 0.325 e. The molecule has 0 aromatic rings. The Morgan fingerprint density at radius 2 is 1.17 bits per heavy atom. The normalized spacial score (nSPS) is 18.8. The lowest BCUT2D eigenvalue weighted by molar-refractivity contribution is -0.141. The number of carbonyl (C=O) groups is 3. The molecule has 0 radical (unpaired) electrons. The summed E-state index contributed by atoms with van der Waals surface area (Å²) in [7, 11) is 4.13. The Balaban J connectivity index is 0.000000598. The molecule has 2 N–H and O–H groups in total. The van der Waals surface area contributed by atoms with Crippen LogP contribution in [0.1, 0.15) is 66.7 Å². The van der Waals surface area contributed by atoms with Gasteiger partial charge in [-0.05, 0) is 33.9 Å². The van der Waals surface area contributed by atoms with Crippen LogP contribution in [0, 0.1) is 0 Å². The summed E-state index contributed by atoms with van der Waals surface area (Å²) < 4.78 is 4.72. The van der Waals surface area contributed by atoms with Crippen molar-refractivity contribution in [2.45, 2.75) is 72.8 Å². The quantitative estimate of drug-likeness (QED) is 0.560. The summed E-state index contributed by atoms with van der Waals surface area (Å²) in [6.45, 7) is 16.9. The van der Waals surface area contributed by atoms with Crippen LogP contribution < -0.4 is 10.6 Å². The smallest absolute Gasteiger partial charge is 0.325 e. The number of amides is 4. The third kappa shape index (κ3) is 14.5. The number of ether oxygens (including phenoxy) is 1. The third-order valence-corrected chi connectivity index (χ3v) is 6.20. The number of likely N-dealkylation sites (N-methyl/N-ethyl adjacent to an activating group) is 2. The van der Waals surface area contributed by atoms with E-state index in [2.05, 4.69) is 27.5 Å². The van der Waals surface area contributed by atoms with Crippen LogP contribution in [0.4, 0.5) is 9.59 Å². The summed E-state index contributed by atoms with van der Waals surface area (Å²) in [6, 6.07) is 0.391. The van der Waals surface area contributed by atoms with Crippen LogP contribution in [-0.2, 0) is 9.53 Å². The topological polar surface area (TPSA) is 97.5 Å². The molecule has 2 aliphatic heterocycles. The van der Waals surface area contributed by atoms with Crippen LogP contribution in [0.5, 0.6) is 0 Å². The molecule has 1 aliphatic carbocycles. The second-order valence-corrected chi connectivity index (χ2v) is 8.83. The van der Waals surface area contributed by atoms with E-state index >= 15 is 0 Å². The molecule has 0 atom stereocenters. The molecular formula is C26H54N6O4. The highest BCUT2D eigenvalue weighted by Crippen LogP contribution is 2.17. The fraction of sp³-hybridized carbons (Fsp3) is 0.885. The SMILES string of the molecule is CC.CC.CCOC(=O)CNC(=O)N1CCN(C)CC1.CN1CCN(C(=O)NC2CCCCC2)CC1. The predicted molar refractivity (Wildman–Crippen MR) is 146 cm³/mol. The lowest BCUT2D eigenvalue weighted by Crippen LogP contribution is -2.52. The number of hydrogen-bond donors (Lipinski definition) is 2. The Morgan fingerprint density at radius 1 is 0.722 bits per heavy atom. The maximum atomic E-state index is 12.0. The van der Waals surface area contributed by atoms with Crippen LogP contribution in [0.15, 0.2) is 0 Å². The van der Waals surface area contributed by atoms with Crippen LogP contribution >= 0.6 is 0 Å². The largest absolute Gasteiger partial charge is 0.465 e. The molecule has 0 bridgehead atoms. The summed E-state index contributed by atoms with van der Waals surface area (Å²) >= 11 is 0. The van der Waals surface area contributed by atoms with Crippen molar-refractivity contribution in [1.82, 2.24) is 30.2 Å². The second-order valence-electron chi connectivity index (χ2n) is 8.83. The molecule has 1 saturated carbocycles. The number of nitrogens with zero attached hydrogens (tertiary/aromatic N) is 4. The average Bonchev–Trinajstić information content (AvgIpc) is 2.91. The number of urea groups is 2. The van der Waals surface area contributed by atoms with Crippen molar-refractivity contribution in [2.75, 3.05) is 79.6 Å². The van der Waals surface area contributed by atoms with Gasteiger partial charge in [-0.2, -0.15) is 0 Å². The molecule has 3 rings (SSSR count). The van der Waals surface area contributed by atoms with E-state index in [4.69, 9.17) is 4.74 Å². The Bertz CT molecular complexity index is 585. The summed E-state index contributed by atoms with van der Waals surface area (Å²) in [5, 5.41) is 5.72. The van der Waals surface area contributed by atoms with Crippen LogP contribution in [0.25, 0.3) is 0 Å². The van der Waals surface area contributed by atoms with Crippen LogP contribution in [0.2, 0.25) is 0 Å². The molecule has 2 heterocycles. The number of piperazine rings is 2. The highest BCUT2D eigenvalue weighted by molar-refractivity contribution is 5.80. The number of nitrogens with one attached hydrogen (secondary N) is 2.